The van der Waals surface area contributed by atoms with Crippen LogP contribution in [0, 0.1) is 13.8 Å². The molecule has 0 aliphatic carbocycles. The van der Waals surface area contributed by atoms with Crippen molar-refractivity contribution in [1.29, 1.82) is 0 Å². The number of amides is 1. The van der Waals surface area contributed by atoms with Crippen molar-refractivity contribution in [1.82, 2.24) is 14.9 Å². The van der Waals surface area contributed by atoms with Crippen molar-refractivity contribution in [2.24, 2.45) is 0 Å². The molecular weight excluding hydrogens is 468 g/mol. The van der Waals surface area contributed by atoms with Crippen molar-refractivity contribution in [2.45, 2.75) is 39.5 Å². The van der Waals surface area contributed by atoms with Gasteiger partial charge in [0, 0.05) is 49.4 Å². The molecule has 194 valence electrons. The Bertz CT molecular complexity index is 1380. The average Bonchev–Trinajstić information content (AvgIpc) is 2.95. The SMILES string of the molecule is CC[C@@H](C(=O)N1CCN(c2nc(-c3cccc(C)c3)nc(C)c2Cc2ccccc2)CC1)c1ccccc1. The highest BCUT2D eigenvalue weighted by molar-refractivity contribution is 5.84. The van der Waals surface area contributed by atoms with Gasteiger partial charge in [0.05, 0.1) is 5.92 Å². The Morgan fingerprint density at radius 2 is 1.53 bits per heavy atom. The summed E-state index contributed by atoms with van der Waals surface area (Å²) in [7, 11) is 0. The molecule has 5 heteroatoms. The fraction of sp³-hybridized carbons (Fsp3) is 0.303. The molecule has 0 bridgehead atoms. The van der Waals surface area contributed by atoms with E-state index in [0.717, 1.165) is 60.0 Å². The Morgan fingerprint density at radius 1 is 0.842 bits per heavy atom. The second kappa shape index (κ2) is 11.6. The van der Waals surface area contributed by atoms with Crippen LogP contribution >= 0.6 is 0 Å². The number of benzene rings is 3. The van der Waals surface area contributed by atoms with Crippen LogP contribution in [-0.2, 0) is 11.2 Å². The lowest BCUT2D eigenvalue weighted by molar-refractivity contribution is -0.133. The summed E-state index contributed by atoms with van der Waals surface area (Å²) >= 11 is 0. The van der Waals surface area contributed by atoms with Crippen LogP contribution in [-0.4, -0.2) is 47.0 Å². The first kappa shape index (κ1) is 25.7. The molecule has 1 aromatic heterocycles. The number of carbonyl (C=O) groups excluding carboxylic acids is 1. The van der Waals surface area contributed by atoms with Gasteiger partial charge in [0.2, 0.25) is 5.91 Å². The number of rotatable bonds is 7. The molecule has 0 unspecified atom stereocenters. The van der Waals surface area contributed by atoms with E-state index in [9.17, 15) is 4.79 Å². The number of nitrogens with zero attached hydrogens (tertiary/aromatic N) is 4. The molecule has 1 amide bonds. The van der Waals surface area contributed by atoms with E-state index in [1.165, 1.54) is 11.1 Å². The summed E-state index contributed by atoms with van der Waals surface area (Å²) in [5, 5.41) is 0. The summed E-state index contributed by atoms with van der Waals surface area (Å²) in [5.74, 6) is 1.87. The maximum atomic E-state index is 13.5. The zero-order chi connectivity index (χ0) is 26.5. The Morgan fingerprint density at radius 3 is 2.18 bits per heavy atom. The van der Waals surface area contributed by atoms with Crippen LogP contribution in [0.25, 0.3) is 11.4 Å². The highest BCUT2D eigenvalue weighted by Gasteiger charge is 2.29. The largest absolute Gasteiger partial charge is 0.353 e. The summed E-state index contributed by atoms with van der Waals surface area (Å²) in [6.45, 7) is 9.17. The van der Waals surface area contributed by atoms with Gasteiger partial charge in [-0.3, -0.25) is 4.79 Å². The van der Waals surface area contributed by atoms with Gasteiger partial charge in [-0.1, -0.05) is 91.3 Å². The molecule has 1 aliphatic heterocycles. The summed E-state index contributed by atoms with van der Waals surface area (Å²) in [5.41, 5.74) is 6.72. The lowest BCUT2D eigenvalue weighted by Crippen LogP contribution is -2.50. The van der Waals surface area contributed by atoms with Crippen molar-refractivity contribution < 1.29 is 4.79 Å². The average molecular weight is 505 g/mol. The molecule has 3 aromatic carbocycles. The molecule has 1 saturated heterocycles. The standard InChI is InChI=1S/C33H36N4O/c1-4-29(27-15-9-6-10-16-27)33(38)37-20-18-36(19-21-37)32-30(23-26-13-7-5-8-14-26)25(3)34-31(35-32)28-17-11-12-24(2)22-28/h5-17,22,29H,4,18-21,23H2,1-3H3/t29-/m1/s1. The normalized spacial score (nSPS) is 14.4. The third-order valence-electron chi connectivity index (χ3n) is 7.49. The van der Waals surface area contributed by atoms with Crippen molar-refractivity contribution in [3.8, 4) is 11.4 Å². The van der Waals surface area contributed by atoms with Crippen LogP contribution in [0.3, 0.4) is 0 Å². The summed E-state index contributed by atoms with van der Waals surface area (Å²) in [6.07, 6.45) is 1.58. The minimum Gasteiger partial charge on any atom is -0.353 e. The molecule has 1 fully saturated rings. The summed E-state index contributed by atoms with van der Waals surface area (Å²) in [6, 6.07) is 29.0. The molecule has 4 aromatic rings. The van der Waals surface area contributed by atoms with Crippen LogP contribution in [0.4, 0.5) is 5.82 Å². The fourth-order valence-electron chi connectivity index (χ4n) is 5.36. The van der Waals surface area contributed by atoms with Gasteiger partial charge >= 0.3 is 0 Å². The molecular formula is C33H36N4O. The van der Waals surface area contributed by atoms with E-state index in [4.69, 9.17) is 9.97 Å². The first-order chi connectivity index (χ1) is 18.5. The molecule has 0 N–H and O–H groups in total. The Balaban J connectivity index is 1.42. The smallest absolute Gasteiger partial charge is 0.230 e. The third kappa shape index (κ3) is 5.62. The van der Waals surface area contributed by atoms with Gasteiger partial charge < -0.3 is 9.80 Å². The minimum atomic E-state index is -0.0920. The molecule has 5 rings (SSSR count). The lowest BCUT2D eigenvalue weighted by atomic mass is 9.94. The number of aryl methyl sites for hydroxylation is 2. The number of piperazine rings is 1. The van der Waals surface area contributed by atoms with Gasteiger partial charge in [-0.05, 0) is 37.5 Å². The molecule has 1 aliphatic rings. The van der Waals surface area contributed by atoms with Gasteiger partial charge in [0.1, 0.15) is 5.82 Å². The Kier molecular flexibility index (Phi) is 7.83. The first-order valence-electron chi connectivity index (χ1n) is 13.6. The minimum absolute atomic E-state index is 0.0920. The Hall–Kier alpha value is -3.99. The Labute approximate surface area is 226 Å². The van der Waals surface area contributed by atoms with Crippen LogP contribution in [0.2, 0.25) is 0 Å². The van der Waals surface area contributed by atoms with Gasteiger partial charge in [-0.2, -0.15) is 0 Å². The monoisotopic (exact) mass is 504 g/mol. The highest BCUT2D eigenvalue weighted by Crippen LogP contribution is 2.29. The van der Waals surface area contributed by atoms with E-state index in [2.05, 4.69) is 86.3 Å². The molecule has 1 atom stereocenters. The number of hydrogen-bond acceptors (Lipinski definition) is 4. The van der Waals surface area contributed by atoms with E-state index in [0.29, 0.717) is 13.1 Å². The van der Waals surface area contributed by atoms with Gasteiger partial charge in [0.15, 0.2) is 5.82 Å². The molecule has 2 heterocycles. The van der Waals surface area contributed by atoms with E-state index in [-0.39, 0.29) is 11.8 Å². The van der Waals surface area contributed by atoms with Gasteiger partial charge in [-0.15, -0.1) is 0 Å². The second-order valence-corrected chi connectivity index (χ2v) is 10.2. The van der Waals surface area contributed by atoms with E-state index < -0.39 is 0 Å². The van der Waals surface area contributed by atoms with Gasteiger partial charge in [0.25, 0.3) is 0 Å². The lowest BCUT2D eigenvalue weighted by Gasteiger charge is -2.38. The fourth-order valence-corrected chi connectivity index (χ4v) is 5.36. The van der Waals surface area contributed by atoms with Crippen molar-refractivity contribution >= 4 is 11.7 Å². The third-order valence-corrected chi connectivity index (χ3v) is 7.49. The molecule has 5 nitrogen and oxygen atoms in total. The van der Waals surface area contributed by atoms with Crippen LogP contribution in [0.15, 0.2) is 84.9 Å². The van der Waals surface area contributed by atoms with E-state index in [1.54, 1.807) is 0 Å². The number of carbonyl (C=O) groups is 1. The van der Waals surface area contributed by atoms with Crippen LogP contribution < -0.4 is 4.90 Å². The van der Waals surface area contributed by atoms with Crippen LogP contribution in [0.1, 0.15) is 47.2 Å². The van der Waals surface area contributed by atoms with Crippen molar-refractivity contribution in [2.75, 3.05) is 31.1 Å². The zero-order valence-corrected chi connectivity index (χ0v) is 22.6. The topological polar surface area (TPSA) is 49.3 Å². The quantitative estimate of drug-likeness (QED) is 0.301. The summed E-state index contributed by atoms with van der Waals surface area (Å²) in [4.78, 5) is 28.0. The number of aromatic nitrogens is 2. The van der Waals surface area contributed by atoms with E-state index in [1.807, 2.05) is 29.2 Å². The predicted molar refractivity (Wildman–Crippen MR) is 154 cm³/mol. The zero-order valence-electron chi connectivity index (χ0n) is 22.6. The van der Waals surface area contributed by atoms with Crippen LogP contribution in [0.5, 0.6) is 0 Å². The summed E-state index contributed by atoms with van der Waals surface area (Å²) < 4.78 is 0. The first-order valence-corrected chi connectivity index (χ1v) is 13.6. The maximum Gasteiger partial charge on any atom is 0.230 e. The molecule has 38 heavy (non-hydrogen) atoms. The predicted octanol–water partition coefficient (Wildman–Crippen LogP) is 6.19. The second-order valence-electron chi connectivity index (χ2n) is 10.2. The van der Waals surface area contributed by atoms with Crippen molar-refractivity contribution in [3.05, 3.63) is 113 Å². The van der Waals surface area contributed by atoms with Crippen molar-refractivity contribution in [3.63, 3.8) is 0 Å². The van der Waals surface area contributed by atoms with Gasteiger partial charge in [-0.25, -0.2) is 9.97 Å². The maximum absolute atomic E-state index is 13.5. The van der Waals surface area contributed by atoms with E-state index >= 15 is 0 Å². The number of hydrogen-bond donors (Lipinski definition) is 0. The molecule has 0 saturated carbocycles. The molecule has 0 spiro atoms. The highest BCUT2D eigenvalue weighted by atomic mass is 16.2. The number of anilines is 1. The molecule has 0 radical (unpaired) electrons.